The molecule has 0 radical (unpaired) electrons. The molecule has 80 valence electrons. The van der Waals surface area contributed by atoms with Crippen LogP contribution in [0.4, 0.5) is 0 Å². The van der Waals surface area contributed by atoms with E-state index in [1.807, 2.05) is 0 Å². The van der Waals surface area contributed by atoms with Crippen molar-refractivity contribution in [1.29, 1.82) is 0 Å². The predicted molar refractivity (Wildman–Crippen MR) is 60.3 cm³/mol. The van der Waals surface area contributed by atoms with Crippen molar-refractivity contribution in [2.75, 3.05) is 7.11 Å². The number of halogens is 2. The van der Waals surface area contributed by atoms with Gasteiger partial charge in [-0.25, -0.2) is 0 Å². The summed E-state index contributed by atoms with van der Waals surface area (Å²) in [5.74, 6) is -0.396. The molecule has 0 bridgehead atoms. The first-order chi connectivity index (χ1) is 7.08. The quantitative estimate of drug-likeness (QED) is 0.635. The van der Waals surface area contributed by atoms with E-state index in [0.717, 1.165) is 0 Å². The van der Waals surface area contributed by atoms with Gasteiger partial charge in [-0.1, -0.05) is 27.5 Å². The highest BCUT2D eigenvalue weighted by atomic mass is 79.9. The standard InChI is InChI=1S/C10H8BrClO3/c1-15-9(14)4-6-2-8(11)3-7(5-13)10(6)12/h2-3,5H,4H2,1H3. The Hall–Kier alpha value is -0.870. The molecule has 0 unspecified atom stereocenters. The van der Waals surface area contributed by atoms with Crippen LogP contribution in [-0.4, -0.2) is 19.4 Å². The fourth-order valence-electron chi connectivity index (χ4n) is 1.11. The van der Waals surface area contributed by atoms with Crippen molar-refractivity contribution in [2.24, 2.45) is 0 Å². The largest absolute Gasteiger partial charge is 0.469 e. The normalized spacial score (nSPS) is 9.80. The van der Waals surface area contributed by atoms with Gasteiger partial charge in [0.15, 0.2) is 6.29 Å². The van der Waals surface area contributed by atoms with Crippen LogP contribution in [0.2, 0.25) is 5.02 Å². The minimum atomic E-state index is -0.396. The van der Waals surface area contributed by atoms with Gasteiger partial charge in [0.2, 0.25) is 0 Å². The van der Waals surface area contributed by atoms with Crippen LogP contribution < -0.4 is 0 Å². The Kier molecular flexibility index (Phi) is 4.29. The monoisotopic (exact) mass is 290 g/mol. The molecule has 0 saturated heterocycles. The summed E-state index contributed by atoms with van der Waals surface area (Å²) < 4.78 is 5.22. The van der Waals surface area contributed by atoms with Crippen LogP contribution in [0.15, 0.2) is 16.6 Å². The molecule has 0 saturated carbocycles. The first-order valence-electron chi connectivity index (χ1n) is 4.08. The third-order valence-corrected chi connectivity index (χ3v) is 2.75. The molecule has 1 rings (SSSR count). The number of carbonyl (C=O) groups is 2. The molecule has 0 aliphatic carbocycles. The van der Waals surface area contributed by atoms with Crippen molar-refractivity contribution in [3.63, 3.8) is 0 Å². The van der Waals surface area contributed by atoms with Crippen molar-refractivity contribution in [2.45, 2.75) is 6.42 Å². The molecule has 1 aromatic rings. The van der Waals surface area contributed by atoms with Crippen LogP contribution in [0.5, 0.6) is 0 Å². The second-order valence-electron chi connectivity index (χ2n) is 2.84. The van der Waals surface area contributed by atoms with E-state index in [0.29, 0.717) is 26.9 Å². The van der Waals surface area contributed by atoms with Gasteiger partial charge in [0.25, 0.3) is 0 Å². The first-order valence-corrected chi connectivity index (χ1v) is 5.25. The maximum Gasteiger partial charge on any atom is 0.310 e. The van der Waals surface area contributed by atoms with Crippen molar-refractivity contribution >= 4 is 39.8 Å². The number of ether oxygens (including phenoxy) is 1. The molecular weight excluding hydrogens is 283 g/mol. The molecule has 0 N–H and O–H groups in total. The van der Waals surface area contributed by atoms with Crippen LogP contribution in [0.1, 0.15) is 15.9 Å². The third kappa shape index (κ3) is 3.04. The smallest absolute Gasteiger partial charge is 0.310 e. The van der Waals surface area contributed by atoms with Gasteiger partial charge in [-0.15, -0.1) is 0 Å². The molecular formula is C10H8BrClO3. The van der Waals surface area contributed by atoms with Gasteiger partial charge in [-0.2, -0.15) is 0 Å². The lowest BCUT2D eigenvalue weighted by Crippen LogP contribution is -2.05. The van der Waals surface area contributed by atoms with Gasteiger partial charge in [-0.05, 0) is 17.7 Å². The Morgan fingerprint density at radius 3 is 2.80 bits per heavy atom. The summed E-state index contributed by atoms with van der Waals surface area (Å²) in [5.41, 5.74) is 0.921. The Balaban J connectivity index is 3.11. The number of esters is 1. The lowest BCUT2D eigenvalue weighted by atomic mass is 10.1. The fourth-order valence-corrected chi connectivity index (χ4v) is 1.85. The molecule has 0 aliphatic heterocycles. The van der Waals surface area contributed by atoms with Crippen LogP contribution in [0.3, 0.4) is 0 Å². The summed E-state index contributed by atoms with van der Waals surface area (Å²) in [5, 5.41) is 0.290. The summed E-state index contributed by atoms with van der Waals surface area (Å²) in [6, 6.07) is 3.28. The van der Waals surface area contributed by atoms with Gasteiger partial charge in [0.05, 0.1) is 18.6 Å². The van der Waals surface area contributed by atoms with Gasteiger partial charge < -0.3 is 4.74 Å². The topological polar surface area (TPSA) is 43.4 Å². The van der Waals surface area contributed by atoms with E-state index >= 15 is 0 Å². The van der Waals surface area contributed by atoms with Crippen molar-refractivity contribution in [3.05, 3.63) is 32.8 Å². The van der Waals surface area contributed by atoms with E-state index in [4.69, 9.17) is 11.6 Å². The first kappa shape index (κ1) is 12.2. The second-order valence-corrected chi connectivity index (χ2v) is 4.13. The zero-order chi connectivity index (χ0) is 11.4. The highest BCUT2D eigenvalue weighted by molar-refractivity contribution is 9.10. The molecule has 0 heterocycles. The molecule has 0 amide bonds. The zero-order valence-electron chi connectivity index (χ0n) is 7.92. The van der Waals surface area contributed by atoms with E-state index < -0.39 is 5.97 Å². The molecule has 15 heavy (non-hydrogen) atoms. The lowest BCUT2D eigenvalue weighted by molar-refractivity contribution is -0.139. The number of aldehydes is 1. The van der Waals surface area contributed by atoms with E-state index in [1.54, 1.807) is 12.1 Å². The van der Waals surface area contributed by atoms with Gasteiger partial charge in [-0.3, -0.25) is 9.59 Å². The van der Waals surface area contributed by atoms with Crippen LogP contribution in [0.25, 0.3) is 0 Å². The average Bonchev–Trinajstić information content (AvgIpc) is 2.22. The maximum absolute atomic E-state index is 11.1. The molecule has 0 aromatic heterocycles. The zero-order valence-corrected chi connectivity index (χ0v) is 10.3. The van der Waals surface area contributed by atoms with E-state index in [1.165, 1.54) is 7.11 Å². The highest BCUT2D eigenvalue weighted by Gasteiger charge is 2.11. The van der Waals surface area contributed by atoms with Crippen LogP contribution >= 0.6 is 27.5 Å². The number of benzene rings is 1. The Morgan fingerprint density at radius 1 is 1.60 bits per heavy atom. The number of hydrogen-bond acceptors (Lipinski definition) is 3. The highest BCUT2D eigenvalue weighted by Crippen LogP contribution is 2.25. The SMILES string of the molecule is COC(=O)Cc1cc(Br)cc(C=O)c1Cl. The van der Waals surface area contributed by atoms with Crippen molar-refractivity contribution in [3.8, 4) is 0 Å². The summed E-state index contributed by atoms with van der Waals surface area (Å²) in [7, 11) is 1.30. The molecule has 0 spiro atoms. The summed E-state index contributed by atoms with van der Waals surface area (Å²) >= 11 is 9.15. The summed E-state index contributed by atoms with van der Waals surface area (Å²) in [6.45, 7) is 0. The van der Waals surface area contributed by atoms with Crippen molar-refractivity contribution in [1.82, 2.24) is 0 Å². The maximum atomic E-state index is 11.1. The number of carbonyl (C=O) groups excluding carboxylic acids is 2. The van der Waals surface area contributed by atoms with Crippen LogP contribution in [-0.2, 0) is 16.0 Å². The minimum Gasteiger partial charge on any atom is -0.469 e. The van der Waals surface area contributed by atoms with E-state index in [2.05, 4.69) is 20.7 Å². The number of rotatable bonds is 3. The van der Waals surface area contributed by atoms with Gasteiger partial charge in [0.1, 0.15) is 0 Å². The second kappa shape index (κ2) is 5.28. The van der Waals surface area contributed by atoms with Gasteiger partial charge in [0, 0.05) is 10.0 Å². The third-order valence-electron chi connectivity index (χ3n) is 1.83. The summed E-state index contributed by atoms with van der Waals surface area (Å²) in [6.07, 6.45) is 0.698. The molecule has 3 nitrogen and oxygen atoms in total. The Bertz CT molecular complexity index is 404. The lowest BCUT2D eigenvalue weighted by Gasteiger charge is -2.06. The molecule has 1 aromatic carbocycles. The number of methoxy groups -OCH3 is 1. The predicted octanol–water partition coefficient (Wildman–Crippen LogP) is 2.63. The molecule has 0 atom stereocenters. The molecule has 0 aliphatic rings. The minimum absolute atomic E-state index is 0.0512. The van der Waals surface area contributed by atoms with Gasteiger partial charge >= 0.3 is 5.97 Å². The van der Waals surface area contributed by atoms with E-state index in [-0.39, 0.29) is 6.42 Å². The Morgan fingerprint density at radius 2 is 2.27 bits per heavy atom. The average molecular weight is 292 g/mol. The fraction of sp³-hybridized carbons (Fsp3) is 0.200. The van der Waals surface area contributed by atoms with Crippen molar-refractivity contribution < 1.29 is 14.3 Å². The van der Waals surface area contributed by atoms with Crippen LogP contribution in [0, 0.1) is 0 Å². The summed E-state index contributed by atoms with van der Waals surface area (Å²) in [4.78, 5) is 21.7. The Labute approximate surface area is 100 Å². The van der Waals surface area contributed by atoms with E-state index in [9.17, 15) is 9.59 Å². The number of hydrogen-bond donors (Lipinski definition) is 0. The molecule has 0 fully saturated rings. The molecule has 5 heteroatoms.